The zero-order valence-corrected chi connectivity index (χ0v) is 12.8. The van der Waals surface area contributed by atoms with Gasteiger partial charge in [0.05, 0.1) is 23.5 Å². The quantitative estimate of drug-likeness (QED) is 0.731. The Morgan fingerprint density at radius 1 is 1.09 bits per heavy atom. The summed E-state index contributed by atoms with van der Waals surface area (Å²) < 4.78 is 5.29. The van der Waals surface area contributed by atoms with Crippen molar-refractivity contribution >= 4 is 28.9 Å². The lowest BCUT2D eigenvalue weighted by molar-refractivity contribution is 0.518. The number of para-hydroxylation sites is 1. The monoisotopic (exact) mass is 314 g/mol. The predicted octanol–water partition coefficient (Wildman–Crippen LogP) is 4.39. The largest absolute Gasteiger partial charge is 0.467 e. The maximum Gasteiger partial charge on any atom is 0.136 e. The molecule has 2 heterocycles. The second-order valence-corrected chi connectivity index (χ2v) is 5.13. The summed E-state index contributed by atoms with van der Waals surface area (Å²) in [5.41, 5.74) is 0.805. The number of halogens is 1. The number of aromatic nitrogens is 2. The fraction of sp³-hybridized carbons (Fsp3) is 0.125. The lowest BCUT2D eigenvalue weighted by atomic mass is 10.3. The Morgan fingerprint density at radius 3 is 2.68 bits per heavy atom. The molecule has 0 atom stereocenters. The van der Waals surface area contributed by atoms with E-state index in [1.807, 2.05) is 49.4 Å². The first-order chi connectivity index (χ1) is 10.7. The van der Waals surface area contributed by atoms with Gasteiger partial charge in [0.25, 0.3) is 0 Å². The van der Waals surface area contributed by atoms with Gasteiger partial charge in [0.1, 0.15) is 23.2 Å². The van der Waals surface area contributed by atoms with Crippen LogP contribution in [0.5, 0.6) is 0 Å². The smallest absolute Gasteiger partial charge is 0.136 e. The Kier molecular flexibility index (Phi) is 4.25. The summed E-state index contributed by atoms with van der Waals surface area (Å²) >= 11 is 6.15. The number of nitrogens with one attached hydrogen (secondary N) is 2. The van der Waals surface area contributed by atoms with Crippen molar-refractivity contribution in [2.75, 3.05) is 10.6 Å². The highest BCUT2D eigenvalue weighted by Gasteiger charge is 2.05. The molecule has 0 radical (unpaired) electrons. The number of furan rings is 1. The first-order valence-electron chi connectivity index (χ1n) is 6.84. The van der Waals surface area contributed by atoms with E-state index in [2.05, 4.69) is 20.6 Å². The van der Waals surface area contributed by atoms with E-state index in [0.717, 1.165) is 17.3 Å². The summed E-state index contributed by atoms with van der Waals surface area (Å²) in [7, 11) is 0. The minimum atomic E-state index is 0.564. The van der Waals surface area contributed by atoms with E-state index in [4.69, 9.17) is 16.0 Å². The normalized spacial score (nSPS) is 10.5. The van der Waals surface area contributed by atoms with E-state index in [0.29, 0.717) is 23.2 Å². The van der Waals surface area contributed by atoms with Gasteiger partial charge < -0.3 is 15.1 Å². The van der Waals surface area contributed by atoms with Gasteiger partial charge in [-0.05, 0) is 31.2 Å². The van der Waals surface area contributed by atoms with Crippen LogP contribution in [0.1, 0.15) is 11.6 Å². The van der Waals surface area contributed by atoms with Gasteiger partial charge in [0.15, 0.2) is 0 Å². The lowest BCUT2D eigenvalue weighted by Crippen LogP contribution is -2.04. The highest BCUT2D eigenvalue weighted by Crippen LogP contribution is 2.24. The van der Waals surface area contributed by atoms with Crippen LogP contribution < -0.4 is 10.6 Å². The van der Waals surface area contributed by atoms with Crippen LogP contribution in [0.2, 0.25) is 5.02 Å². The fourth-order valence-corrected chi connectivity index (χ4v) is 2.20. The standard InChI is InChI=1S/C16H15ClN4O/c1-11-19-15(18-10-12-5-4-8-22-12)9-16(20-11)21-14-7-3-2-6-13(14)17/h2-9H,10H2,1H3,(H2,18,19,20,21). The fourth-order valence-electron chi connectivity index (χ4n) is 2.01. The first kappa shape index (κ1) is 14.4. The molecule has 0 bridgehead atoms. The van der Waals surface area contributed by atoms with Crippen molar-refractivity contribution in [3.8, 4) is 0 Å². The van der Waals surface area contributed by atoms with E-state index < -0.39 is 0 Å². The molecule has 0 aliphatic rings. The second-order valence-electron chi connectivity index (χ2n) is 4.72. The maximum atomic E-state index is 6.15. The number of rotatable bonds is 5. The van der Waals surface area contributed by atoms with Gasteiger partial charge in [-0.2, -0.15) is 0 Å². The van der Waals surface area contributed by atoms with Crippen LogP contribution in [0.25, 0.3) is 0 Å². The van der Waals surface area contributed by atoms with E-state index in [-0.39, 0.29) is 0 Å². The molecule has 0 aliphatic carbocycles. The van der Waals surface area contributed by atoms with Crippen LogP contribution in [-0.4, -0.2) is 9.97 Å². The summed E-state index contributed by atoms with van der Waals surface area (Å²) in [6.07, 6.45) is 1.65. The van der Waals surface area contributed by atoms with Crippen molar-refractivity contribution in [1.29, 1.82) is 0 Å². The van der Waals surface area contributed by atoms with Crippen LogP contribution in [0.4, 0.5) is 17.3 Å². The number of hydrogen-bond acceptors (Lipinski definition) is 5. The molecule has 22 heavy (non-hydrogen) atoms. The van der Waals surface area contributed by atoms with Gasteiger partial charge in [0, 0.05) is 6.07 Å². The van der Waals surface area contributed by atoms with Crippen LogP contribution in [-0.2, 0) is 6.54 Å². The van der Waals surface area contributed by atoms with Crippen molar-refractivity contribution in [3.63, 3.8) is 0 Å². The molecule has 112 valence electrons. The van der Waals surface area contributed by atoms with E-state index >= 15 is 0 Å². The molecule has 0 unspecified atom stereocenters. The molecule has 2 N–H and O–H groups in total. The molecular weight excluding hydrogens is 300 g/mol. The third-order valence-electron chi connectivity index (χ3n) is 3.00. The molecular formula is C16H15ClN4O. The zero-order chi connectivity index (χ0) is 15.4. The van der Waals surface area contributed by atoms with E-state index in [9.17, 15) is 0 Å². The lowest BCUT2D eigenvalue weighted by Gasteiger charge is -2.10. The predicted molar refractivity (Wildman–Crippen MR) is 87.5 cm³/mol. The minimum absolute atomic E-state index is 0.564. The van der Waals surface area contributed by atoms with Crippen molar-refractivity contribution in [3.05, 3.63) is 65.3 Å². The number of nitrogens with zero attached hydrogens (tertiary/aromatic N) is 2. The molecule has 0 saturated carbocycles. The Morgan fingerprint density at radius 2 is 1.91 bits per heavy atom. The van der Waals surface area contributed by atoms with Crippen LogP contribution >= 0.6 is 11.6 Å². The van der Waals surface area contributed by atoms with Crippen molar-refractivity contribution in [1.82, 2.24) is 9.97 Å². The zero-order valence-electron chi connectivity index (χ0n) is 12.0. The van der Waals surface area contributed by atoms with Crippen molar-refractivity contribution in [2.45, 2.75) is 13.5 Å². The second kappa shape index (κ2) is 6.49. The Balaban J connectivity index is 1.76. The Bertz CT molecular complexity index is 759. The van der Waals surface area contributed by atoms with Gasteiger partial charge in [0.2, 0.25) is 0 Å². The average Bonchev–Trinajstić information content (AvgIpc) is 3.00. The summed E-state index contributed by atoms with van der Waals surface area (Å²) in [4.78, 5) is 8.73. The van der Waals surface area contributed by atoms with Gasteiger partial charge in [-0.1, -0.05) is 23.7 Å². The molecule has 0 aliphatic heterocycles. The van der Waals surface area contributed by atoms with Crippen LogP contribution in [0.15, 0.2) is 53.1 Å². The summed E-state index contributed by atoms with van der Waals surface area (Å²) in [6, 6.07) is 13.1. The third kappa shape index (κ3) is 3.56. The van der Waals surface area contributed by atoms with E-state index in [1.54, 1.807) is 6.26 Å². The number of hydrogen-bond donors (Lipinski definition) is 2. The van der Waals surface area contributed by atoms with Crippen LogP contribution in [0.3, 0.4) is 0 Å². The molecule has 3 rings (SSSR count). The molecule has 0 amide bonds. The number of aryl methyl sites for hydroxylation is 1. The Labute approximate surface area is 133 Å². The number of anilines is 3. The molecule has 0 saturated heterocycles. The summed E-state index contributed by atoms with van der Waals surface area (Å²) in [6.45, 7) is 2.41. The molecule has 1 aromatic carbocycles. The van der Waals surface area contributed by atoms with Crippen molar-refractivity contribution < 1.29 is 4.42 Å². The molecule has 5 nitrogen and oxygen atoms in total. The number of benzene rings is 1. The topological polar surface area (TPSA) is 63.0 Å². The van der Waals surface area contributed by atoms with Gasteiger partial charge in [-0.15, -0.1) is 0 Å². The SMILES string of the molecule is Cc1nc(NCc2ccco2)cc(Nc2ccccc2Cl)n1. The average molecular weight is 315 g/mol. The van der Waals surface area contributed by atoms with Gasteiger partial charge >= 0.3 is 0 Å². The Hall–Kier alpha value is -2.53. The highest BCUT2D eigenvalue weighted by atomic mass is 35.5. The van der Waals surface area contributed by atoms with Gasteiger partial charge in [-0.3, -0.25) is 0 Å². The summed E-state index contributed by atoms with van der Waals surface area (Å²) in [5.74, 6) is 2.91. The molecule has 0 spiro atoms. The van der Waals surface area contributed by atoms with Crippen molar-refractivity contribution in [2.24, 2.45) is 0 Å². The molecule has 3 aromatic rings. The van der Waals surface area contributed by atoms with Gasteiger partial charge in [-0.25, -0.2) is 9.97 Å². The molecule has 0 fully saturated rings. The van der Waals surface area contributed by atoms with Crippen LogP contribution in [0, 0.1) is 6.92 Å². The molecule has 6 heteroatoms. The minimum Gasteiger partial charge on any atom is -0.467 e. The molecule has 2 aromatic heterocycles. The summed E-state index contributed by atoms with van der Waals surface area (Å²) in [5, 5.41) is 7.05. The third-order valence-corrected chi connectivity index (χ3v) is 3.33. The first-order valence-corrected chi connectivity index (χ1v) is 7.22. The van der Waals surface area contributed by atoms with E-state index in [1.165, 1.54) is 0 Å². The highest BCUT2D eigenvalue weighted by molar-refractivity contribution is 6.33. The maximum absolute atomic E-state index is 6.15.